The van der Waals surface area contributed by atoms with E-state index in [2.05, 4.69) is 10.3 Å². The second-order valence-electron chi connectivity index (χ2n) is 5.38. The predicted octanol–water partition coefficient (Wildman–Crippen LogP) is 2.48. The summed E-state index contributed by atoms with van der Waals surface area (Å²) in [6, 6.07) is 7.56. The standard InChI is InChI=1S/C17H20FN3O2/c1-12(23-14-6-4-13(18)5-7-14)10-20-17(22)15-11-19-9-8-16(15)21(2)3/h4-9,11-12H,10H2,1-3H3,(H,20,22)/t12-/m1/s1. The van der Waals surface area contributed by atoms with Crippen LogP contribution in [0.2, 0.25) is 0 Å². The van der Waals surface area contributed by atoms with Crippen LogP contribution >= 0.6 is 0 Å². The molecule has 0 saturated heterocycles. The van der Waals surface area contributed by atoms with Crippen molar-refractivity contribution in [2.24, 2.45) is 0 Å². The number of hydrogen-bond acceptors (Lipinski definition) is 4. The summed E-state index contributed by atoms with van der Waals surface area (Å²) in [6.45, 7) is 2.16. The molecule has 1 aromatic carbocycles. The molecular formula is C17H20FN3O2. The number of hydrogen-bond donors (Lipinski definition) is 1. The van der Waals surface area contributed by atoms with E-state index < -0.39 is 0 Å². The number of amides is 1. The van der Waals surface area contributed by atoms with Gasteiger partial charge in [-0.05, 0) is 37.3 Å². The van der Waals surface area contributed by atoms with Gasteiger partial charge in [-0.15, -0.1) is 0 Å². The maximum atomic E-state index is 12.8. The first-order valence-corrected chi connectivity index (χ1v) is 7.29. The number of carbonyl (C=O) groups is 1. The highest BCUT2D eigenvalue weighted by atomic mass is 19.1. The van der Waals surface area contributed by atoms with Crippen molar-refractivity contribution in [3.8, 4) is 5.75 Å². The minimum Gasteiger partial charge on any atom is -0.489 e. The fourth-order valence-corrected chi connectivity index (χ4v) is 2.07. The Kier molecular flexibility index (Phi) is 5.51. The summed E-state index contributed by atoms with van der Waals surface area (Å²) < 4.78 is 18.5. The number of nitrogens with one attached hydrogen (secondary N) is 1. The Morgan fingerprint density at radius 3 is 2.65 bits per heavy atom. The van der Waals surface area contributed by atoms with Gasteiger partial charge < -0.3 is 15.0 Å². The van der Waals surface area contributed by atoms with E-state index in [1.165, 1.54) is 18.3 Å². The van der Waals surface area contributed by atoms with E-state index in [1.54, 1.807) is 24.4 Å². The number of aromatic nitrogens is 1. The Balaban J connectivity index is 1.92. The summed E-state index contributed by atoms with van der Waals surface area (Å²) in [5.41, 5.74) is 1.30. The number of nitrogens with zero attached hydrogens (tertiary/aromatic N) is 2. The molecule has 1 N–H and O–H groups in total. The van der Waals surface area contributed by atoms with Crippen LogP contribution in [-0.2, 0) is 0 Å². The quantitative estimate of drug-likeness (QED) is 0.889. The van der Waals surface area contributed by atoms with E-state index in [9.17, 15) is 9.18 Å². The van der Waals surface area contributed by atoms with E-state index in [4.69, 9.17) is 4.74 Å². The van der Waals surface area contributed by atoms with E-state index in [1.807, 2.05) is 25.9 Å². The lowest BCUT2D eigenvalue weighted by molar-refractivity contribution is 0.0932. The summed E-state index contributed by atoms with van der Waals surface area (Å²) in [7, 11) is 3.73. The lowest BCUT2D eigenvalue weighted by Gasteiger charge is -2.18. The molecule has 0 spiro atoms. The molecule has 1 heterocycles. The number of halogens is 1. The number of benzene rings is 1. The van der Waals surface area contributed by atoms with Crippen LogP contribution in [0.4, 0.5) is 10.1 Å². The summed E-state index contributed by atoms with van der Waals surface area (Å²) in [6.07, 6.45) is 2.94. The maximum Gasteiger partial charge on any atom is 0.255 e. The first-order chi connectivity index (χ1) is 11.0. The highest BCUT2D eigenvalue weighted by Crippen LogP contribution is 2.16. The number of ether oxygens (including phenoxy) is 1. The van der Waals surface area contributed by atoms with Gasteiger partial charge in [-0.25, -0.2) is 4.39 Å². The van der Waals surface area contributed by atoms with Crippen LogP contribution in [0.3, 0.4) is 0 Å². The molecule has 6 heteroatoms. The largest absolute Gasteiger partial charge is 0.489 e. The van der Waals surface area contributed by atoms with Crippen LogP contribution in [0, 0.1) is 5.82 Å². The molecule has 1 amide bonds. The minimum atomic E-state index is -0.314. The molecule has 5 nitrogen and oxygen atoms in total. The number of carbonyl (C=O) groups excluding carboxylic acids is 1. The van der Waals surface area contributed by atoms with Crippen molar-refractivity contribution in [2.75, 3.05) is 25.5 Å². The van der Waals surface area contributed by atoms with Crippen molar-refractivity contribution in [2.45, 2.75) is 13.0 Å². The van der Waals surface area contributed by atoms with Crippen LogP contribution < -0.4 is 15.0 Å². The molecule has 23 heavy (non-hydrogen) atoms. The number of rotatable bonds is 6. The van der Waals surface area contributed by atoms with Crippen molar-refractivity contribution >= 4 is 11.6 Å². The van der Waals surface area contributed by atoms with Crippen molar-refractivity contribution in [3.05, 3.63) is 54.1 Å². The summed E-state index contributed by atoms with van der Waals surface area (Å²) >= 11 is 0. The Labute approximate surface area is 135 Å². The summed E-state index contributed by atoms with van der Waals surface area (Å²) in [5, 5.41) is 2.82. The van der Waals surface area contributed by atoms with Crippen LogP contribution in [0.1, 0.15) is 17.3 Å². The third-order valence-electron chi connectivity index (χ3n) is 3.23. The lowest BCUT2D eigenvalue weighted by Crippen LogP contribution is -2.34. The molecule has 2 aromatic rings. The van der Waals surface area contributed by atoms with E-state index >= 15 is 0 Å². The zero-order chi connectivity index (χ0) is 16.8. The smallest absolute Gasteiger partial charge is 0.255 e. The highest BCUT2D eigenvalue weighted by molar-refractivity contribution is 5.99. The van der Waals surface area contributed by atoms with Gasteiger partial charge in [0.05, 0.1) is 17.8 Å². The van der Waals surface area contributed by atoms with Gasteiger partial charge in [-0.3, -0.25) is 9.78 Å². The Bertz CT molecular complexity index is 659. The molecule has 0 aliphatic rings. The third-order valence-corrected chi connectivity index (χ3v) is 3.23. The zero-order valence-corrected chi connectivity index (χ0v) is 13.4. The maximum absolute atomic E-state index is 12.8. The van der Waals surface area contributed by atoms with Gasteiger partial charge in [0, 0.05) is 26.5 Å². The van der Waals surface area contributed by atoms with Gasteiger partial charge in [-0.1, -0.05) is 0 Å². The van der Waals surface area contributed by atoms with Gasteiger partial charge in [0.25, 0.3) is 5.91 Å². The molecule has 1 aromatic heterocycles. The molecule has 0 fully saturated rings. The van der Waals surface area contributed by atoms with Gasteiger partial charge in [0.1, 0.15) is 17.7 Å². The van der Waals surface area contributed by atoms with Crippen LogP contribution in [0.15, 0.2) is 42.7 Å². The zero-order valence-electron chi connectivity index (χ0n) is 13.4. The van der Waals surface area contributed by atoms with Gasteiger partial charge in [-0.2, -0.15) is 0 Å². The molecule has 122 valence electrons. The Morgan fingerprint density at radius 1 is 1.30 bits per heavy atom. The summed E-state index contributed by atoms with van der Waals surface area (Å²) in [4.78, 5) is 18.1. The average Bonchev–Trinajstić information content (AvgIpc) is 2.54. The van der Waals surface area contributed by atoms with E-state index in [0.717, 1.165) is 5.69 Å². The molecule has 0 aliphatic heterocycles. The Morgan fingerprint density at radius 2 is 2.00 bits per heavy atom. The predicted molar refractivity (Wildman–Crippen MR) is 87.4 cm³/mol. The van der Waals surface area contributed by atoms with Crippen LogP contribution in [0.25, 0.3) is 0 Å². The molecule has 0 unspecified atom stereocenters. The second kappa shape index (κ2) is 7.58. The van der Waals surface area contributed by atoms with E-state index in [0.29, 0.717) is 17.9 Å². The van der Waals surface area contributed by atoms with Gasteiger partial charge in [0.15, 0.2) is 0 Å². The lowest BCUT2D eigenvalue weighted by atomic mass is 10.2. The van der Waals surface area contributed by atoms with E-state index in [-0.39, 0.29) is 17.8 Å². The molecular weight excluding hydrogens is 297 g/mol. The van der Waals surface area contributed by atoms with Crippen molar-refractivity contribution < 1.29 is 13.9 Å². The summed E-state index contributed by atoms with van der Waals surface area (Å²) in [5.74, 6) is 0.0333. The van der Waals surface area contributed by atoms with Crippen molar-refractivity contribution in [3.63, 3.8) is 0 Å². The van der Waals surface area contributed by atoms with Crippen LogP contribution in [0.5, 0.6) is 5.75 Å². The fourth-order valence-electron chi connectivity index (χ4n) is 2.07. The average molecular weight is 317 g/mol. The number of anilines is 1. The first kappa shape index (κ1) is 16.7. The fraction of sp³-hybridized carbons (Fsp3) is 0.294. The monoisotopic (exact) mass is 317 g/mol. The van der Waals surface area contributed by atoms with Crippen molar-refractivity contribution in [1.82, 2.24) is 10.3 Å². The number of pyridine rings is 1. The second-order valence-corrected chi connectivity index (χ2v) is 5.38. The third kappa shape index (κ3) is 4.67. The first-order valence-electron chi connectivity index (χ1n) is 7.29. The van der Waals surface area contributed by atoms with Crippen LogP contribution in [-0.4, -0.2) is 37.6 Å². The molecule has 2 rings (SSSR count). The molecule has 0 aliphatic carbocycles. The molecule has 0 bridgehead atoms. The normalized spacial score (nSPS) is 11.7. The molecule has 0 saturated carbocycles. The highest BCUT2D eigenvalue weighted by Gasteiger charge is 2.14. The minimum absolute atomic E-state index is 0.212. The topological polar surface area (TPSA) is 54.5 Å². The molecule has 0 radical (unpaired) electrons. The molecule has 1 atom stereocenters. The SMILES string of the molecule is C[C@H](CNC(=O)c1cnccc1N(C)C)Oc1ccc(F)cc1. The van der Waals surface area contributed by atoms with Gasteiger partial charge >= 0.3 is 0 Å². The Hall–Kier alpha value is -2.63. The van der Waals surface area contributed by atoms with Crippen molar-refractivity contribution in [1.29, 1.82) is 0 Å². The van der Waals surface area contributed by atoms with Gasteiger partial charge in [0.2, 0.25) is 0 Å².